The Morgan fingerprint density at radius 2 is 1.81 bits per heavy atom. The Kier molecular flexibility index (Phi) is 4.32. The summed E-state index contributed by atoms with van der Waals surface area (Å²) in [5.74, 6) is 0.223. The number of hydrogen-bond donors (Lipinski definition) is 1. The zero-order valence-corrected chi connectivity index (χ0v) is 12.9. The minimum atomic E-state index is -3.70. The Hall–Kier alpha value is -2.28. The summed E-state index contributed by atoms with van der Waals surface area (Å²) < 4.78 is 32.6. The van der Waals surface area contributed by atoms with Gasteiger partial charge in [0.25, 0.3) is 10.0 Å². The molecule has 1 aromatic heterocycles. The van der Waals surface area contributed by atoms with Gasteiger partial charge in [-0.05, 0) is 18.2 Å². The van der Waals surface area contributed by atoms with Crippen LogP contribution in [0.2, 0.25) is 0 Å². The number of nitrogens with zero attached hydrogens (tertiary/aromatic N) is 2. The molecule has 0 amide bonds. The molecule has 21 heavy (non-hydrogen) atoms. The molecule has 112 valence electrons. The van der Waals surface area contributed by atoms with E-state index in [1.807, 2.05) is 14.1 Å². The van der Waals surface area contributed by atoms with E-state index in [2.05, 4.69) is 9.71 Å². The number of anilines is 2. The first-order valence-electron chi connectivity index (χ1n) is 6.24. The maximum atomic E-state index is 12.4. The van der Waals surface area contributed by atoms with Crippen LogP contribution < -0.4 is 14.4 Å². The fourth-order valence-electron chi connectivity index (χ4n) is 1.85. The standard InChI is InChI=1S/C14H17N3O3S/c1-17(2)12-9-10-15-14(20-3)13(12)16-21(18,19)11-7-5-4-6-8-11/h4-10,16H,1-3H3. The molecule has 1 heterocycles. The van der Waals surface area contributed by atoms with Crippen molar-refractivity contribution in [2.24, 2.45) is 0 Å². The van der Waals surface area contributed by atoms with E-state index < -0.39 is 10.0 Å². The van der Waals surface area contributed by atoms with E-state index in [0.717, 1.165) is 0 Å². The number of rotatable bonds is 5. The van der Waals surface area contributed by atoms with Gasteiger partial charge in [0.2, 0.25) is 5.88 Å². The van der Waals surface area contributed by atoms with E-state index in [1.54, 1.807) is 35.4 Å². The molecule has 0 aliphatic rings. The van der Waals surface area contributed by atoms with Crippen LogP contribution >= 0.6 is 0 Å². The van der Waals surface area contributed by atoms with Gasteiger partial charge >= 0.3 is 0 Å². The van der Waals surface area contributed by atoms with Crippen LogP contribution in [0.5, 0.6) is 5.88 Å². The molecule has 0 fully saturated rings. The summed E-state index contributed by atoms with van der Waals surface area (Å²) in [5, 5.41) is 0. The molecule has 1 N–H and O–H groups in total. The van der Waals surface area contributed by atoms with E-state index in [4.69, 9.17) is 4.74 Å². The number of sulfonamides is 1. The van der Waals surface area contributed by atoms with Crippen molar-refractivity contribution < 1.29 is 13.2 Å². The first-order valence-corrected chi connectivity index (χ1v) is 7.72. The molecule has 1 aromatic carbocycles. The maximum Gasteiger partial charge on any atom is 0.262 e. The number of nitrogens with one attached hydrogen (secondary N) is 1. The van der Waals surface area contributed by atoms with Gasteiger partial charge in [-0.15, -0.1) is 0 Å². The van der Waals surface area contributed by atoms with E-state index >= 15 is 0 Å². The highest BCUT2D eigenvalue weighted by molar-refractivity contribution is 7.92. The minimum absolute atomic E-state index is 0.181. The lowest BCUT2D eigenvalue weighted by molar-refractivity contribution is 0.400. The number of pyridine rings is 1. The molecule has 0 aliphatic carbocycles. The van der Waals surface area contributed by atoms with Gasteiger partial charge in [0.15, 0.2) is 0 Å². The molecule has 0 saturated carbocycles. The fraction of sp³-hybridized carbons (Fsp3) is 0.214. The third-order valence-corrected chi connectivity index (χ3v) is 4.22. The highest BCUT2D eigenvalue weighted by Crippen LogP contribution is 2.33. The summed E-state index contributed by atoms with van der Waals surface area (Å²) in [7, 11) is 1.38. The summed E-state index contributed by atoms with van der Waals surface area (Å²) in [6.45, 7) is 0. The van der Waals surface area contributed by atoms with Crippen LogP contribution in [0.1, 0.15) is 0 Å². The molecule has 2 rings (SSSR count). The molecular formula is C14H17N3O3S. The van der Waals surface area contributed by atoms with Crippen LogP contribution in [0, 0.1) is 0 Å². The average Bonchev–Trinajstić information content (AvgIpc) is 2.47. The monoisotopic (exact) mass is 307 g/mol. The van der Waals surface area contributed by atoms with Crippen molar-refractivity contribution in [3.63, 3.8) is 0 Å². The Balaban J connectivity index is 2.48. The maximum absolute atomic E-state index is 12.4. The van der Waals surface area contributed by atoms with Crippen LogP contribution in [-0.4, -0.2) is 34.6 Å². The lowest BCUT2D eigenvalue weighted by Gasteiger charge is -2.19. The smallest absolute Gasteiger partial charge is 0.262 e. The minimum Gasteiger partial charge on any atom is -0.479 e. The SMILES string of the molecule is COc1nccc(N(C)C)c1NS(=O)(=O)c1ccccc1. The van der Waals surface area contributed by atoms with E-state index in [1.165, 1.54) is 19.2 Å². The van der Waals surface area contributed by atoms with Crippen molar-refractivity contribution in [3.05, 3.63) is 42.6 Å². The fourth-order valence-corrected chi connectivity index (χ4v) is 2.94. The van der Waals surface area contributed by atoms with Gasteiger partial charge in [0.05, 0.1) is 17.7 Å². The van der Waals surface area contributed by atoms with Crippen LogP contribution in [-0.2, 0) is 10.0 Å². The van der Waals surface area contributed by atoms with Gasteiger partial charge in [0.1, 0.15) is 5.69 Å². The lowest BCUT2D eigenvalue weighted by Crippen LogP contribution is -2.18. The summed E-state index contributed by atoms with van der Waals surface area (Å²) in [4.78, 5) is 6.01. The number of methoxy groups -OCH3 is 1. The summed E-state index contributed by atoms with van der Waals surface area (Å²) in [5.41, 5.74) is 0.982. The molecule has 6 nitrogen and oxygen atoms in total. The molecule has 2 aromatic rings. The third kappa shape index (κ3) is 3.25. The van der Waals surface area contributed by atoms with Gasteiger partial charge in [-0.1, -0.05) is 18.2 Å². The normalized spacial score (nSPS) is 11.0. The van der Waals surface area contributed by atoms with E-state index in [0.29, 0.717) is 11.4 Å². The molecule has 0 atom stereocenters. The second kappa shape index (κ2) is 6.01. The topological polar surface area (TPSA) is 71.5 Å². The molecule has 0 radical (unpaired) electrons. The highest BCUT2D eigenvalue weighted by atomic mass is 32.2. The van der Waals surface area contributed by atoms with E-state index in [9.17, 15) is 8.42 Å². The van der Waals surface area contributed by atoms with Crippen molar-refractivity contribution in [2.75, 3.05) is 30.8 Å². The molecule has 0 aliphatic heterocycles. The molecule has 7 heteroatoms. The predicted molar refractivity (Wildman–Crippen MR) is 82.4 cm³/mol. The Labute approximate surface area is 124 Å². The average molecular weight is 307 g/mol. The second-order valence-electron chi connectivity index (χ2n) is 4.53. The van der Waals surface area contributed by atoms with Crippen molar-refractivity contribution in [1.29, 1.82) is 0 Å². The van der Waals surface area contributed by atoms with Crippen LogP contribution in [0.3, 0.4) is 0 Å². The Morgan fingerprint density at radius 1 is 1.14 bits per heavy atom. The third-order valence-electron chi connectivity index (χ3n) is 2.86. The predicted octanol–water partition coefficient (Wildman–Crippen LogP) is 1.96. The molecule has 0 unspecified atom stereocenters. The molecule has 0 spiro atoms. The first kappa shape index (κ1) is 15.1. The zero-order chi connectivity index (χ0) is 15.5. The number of hydrogen-bond acceptors (Lipinski definition) is 5. The van der Waals surface area contributed by atoms with E-state index in [-0.39, 0.29) is 10.8 Å². The van der Waals surface area contributed by atoms with Gasteiger partial charge < -0.3 is 9.64 Å². The van der Waals surface area contributed by atoms with Crippen molar-refractivity contribution in [2.45, 2.75) is 4.90 Å². The Bertz CT molecular complexity index is 715. The van der Waals surface area contributed by atoms with Crippen LogP contribution in [0.25, 0.3) is 0 Å². The van der Waals surface area contributed by atoms with Crippen molar-refractivity contribution in [3.8, 4) is 5.88 Å². The summed E-state index contributed by atoms with van der Waals surface area (Å²) >= 11 is 0. The first-order chi connectivity index (χ1) is 9.95. The zero-order valence-electron chi connectivity index (χ0n) is 12.1. The highest BCUT2D eigenvalue weighted by Gasteiger charge is 2.20. The van der Waals surface area contributed by atoms with Crippen molar-refractivity contribution in [1.82, 2.24) is 4.98 Å². The summed E-state index contributed by atoms with van der Waals surface area (Å²) in [6, 6.07) is 9.87. The molecule has 0 bridgehead atoms. The van der Waals surface area contributed by atoms with Crippen LogP contribution in [0.15, 0.2) is 47.5 Å². The number of ether oxygens (including phenoxy) is 1. The Morgan fingerprint density at radius 3 is 2.38 bits per heavy atom. The number of benzene rings is 1. The van der Waals surface area contributed by atoms with Gasteiger partial charge in [0, 0.05) is 20.3 Å². The second-order valence-corrected chi connectivity index (χ2v) is 6.21. The van der Waals surface area contributed by atoms with Crippen molar-refractivity contribution >= 4 is 21.4 Å². The molecule has 0 saturated heterocycles. The van der Waals surface area contributed by atoms with Crippen LogP contribution in [0.4, 0.5) is 11.4 Å². The molecular weight excluding hydrogens is 290 g/mol. The quantitative estimate of drug-likeness (QED) is 0.914. The lowest BCUT2D eigenvalue weighted by atomic mass is 10.3. The summed E-state index contributed by atoms with van der Waals surface area (Å²) in [6.07, 6.45) is 1.56. The largest absolute Gasteiger partial charge is 0.479 e. The van der Waals surface area contributed by atoms with Gasteiger partial charge in [-0.25, -0.2) is 13.4 Å². The van der Waals surface area contributed by atoms with Gasteiger partial charge in [-0.3, -0.25) is 4.72 Å². The van der Waals surface area contributed by atoms with Gasteiger partial charge in [-0.2, -0.15) is 0 Å². The number of aromatic nitrogens is 1.